The number of rotatable bonds is 6. The van der Waals surface area contributed by atoms with Gasteiger partial charge in [-0.3, -0.25) is 4.79 Å². The molecule has 0 atom stereocenters. The van der Waals surface area contributed by atoms with Crippen molar-refractivity contribution in [2.75, 3.05) is 14.2 Å². The number of benzene rings is 2. The number of carbonyl (C=O) groups is 1. The Hall–Kier alpha value is -2.01. The third-order valence-electron chi connectivity index (χ3n) is 2.96. The molecule has 0 aliphatic heterocycles. The van der Waals surface area contributed by atoms with E-state index in [1.54, 1.807) is 19.2 Å². The van der Waals surface area contributed by atoms with E-state index in [-0.39, 0.29) is 0 Å². The average molecular weight is 351 g/mol. The normalized spacial score (nSPS) is 10.0. The summed E-state index contributed by atoms with van der Waals surface area (Å²) in [7, 11) is 3.15. The van der Waals surface area contributed by atoms with Crippen molar-refractivity contribution in [2.45, 2.75) is 6.61 Å². The molecule has 0 aromatic heterocycles. The molecule has 4 nitrogen and oxygen atoms in total. The van der Waals surface area contributed by atoms with Crippen molar-refractivity contribution in [3.8, 4) is 17.2 Å². The number of halogens is 1. The van der Waals surface area contributed by atoms with Gasteiger partial charge in [0.15, 0.2) is 6.29 Å². The van der Waals surface area contributed by atoms with Gasteiger partial charge in [0.2, 0.25) is 0 Å². The number of methoxy groups -OCH3 is 2. The minimum absolute atomic E-state index is 0.396. The first kappa shape index (κ1) is 15.4. The van der Waals surface area contributed by atoms with Crippen LogP contribution in [0.4, 0.5) is 0 Å². The van der Waals surface area contributed by atoms with Crippen molar-refractivity contribution in [3.63, 3.8) is 0 Å². The maximum atomic E-state index is 11.0. The van der Waals surface area contributed by atoms with Crippen LogP contribution in [0.5, 0.6) is 17.2 Å². The van der Waals surface area contributed by atoms with E-state index in [9.17, 15) is 4.79 Å². The smallest absolute Gasteiger partial charge is 0.153 e. The summed E-state index contributed by atoms with van der Waals surface area (Å²) in [6.07, 6.45) is 0.742. The Bertz CT molecular complexity index is 623. The van der Waals surface area contributed by atoms with Crippen LogP contribution in [0.3, 0.4) is 0 Å². The molecule has 2 aromatic carbocycles. The van der Waals surface area contributed by atoms with Crippen molar-refractivity contribution in [3.05, 3.63) is 52.0 Å². The monoisotopic (exact) mass is 350 g/mol. The van der Waals surface area contributed by atoms with Crippen LogP contribution < -0.4 is 14.2 Å². The lowest BCUT2D eigenvalue weighted by Gasteiger charge is -2.11. The number of aldehydes is 1. The van der Waals surface area contributed by atoms with Crippen LogP contribution in [0.2, 0.25) is 0 Å². The van der Waals surface area contributed by atoms with E-state index in [0.29, 0.717) is 23.7 Å². The van der Waals surface area contributed by atoms with Crippen LogP contribution in [0, 0.1) is 0 Å². The molecular formula is C16H15BrO4. The summed E-state index contributed by atoms with van der Waals surface area (Å²) in [5.74, 6) is 1.90. The molecule has 0 saturated carbocycles. The predicted molar refractivity (Wildman–Crippen MR) is 83.4 cm³/mol. The van der Waals surface area contributed by atoms with Gasteiger partial charge < -0.3 is 14.2 Å². The quantitative estimate of drug-likeness (QED) is 0.742. The molecule has 0 unspecified atom stereocenters. The number of hydrogen-bond donors (Lipinski definition) is 0. The van der Waals surface area contributed by atoms with Gasteiger partial charge in [-0.25, -0.2) is 0 Å². The van der Waals surface area contributed by atoms with E-state index < -0.39 is 0 Å². The summed E-state index contributed by atoms with van der Waals surface area (Å²) in [5.41, 5.74) is 1.46. The van der Waals surface area contributed by atoms with Gasteiger partial charge in [0.05, 0.1) is 24.3 Å². The molecule has 0 aliphatic carbocycles. The Labute approximate surface area is 131 Å². The fourth-order valence-electron chi connectivity index (χ4n) is 1.81. The van der Waals surface area contributed by atoms with Crippen LogP contribution in [0.15, 0.2) is 40.9 Å². The van der Waals surface area contributed by atoms with Crippen LogP contribution in [0.25, 0.3) is 0 Å². The second kappa shape index (κ2) is 7.13. The van der Waals surface area contributed by atoms with E-state index in [1.807, 2.05) is 24.3 Å². The lowest BCUT2D eigenvalue weighted by molar-refractivity contribution is 0.112. The molecule has 5 heteroatoms. The van der Waals surface area contributed by atoms with Crippen molar-refractivity contribution in [2.24, 2.45) is 0 Å². The first-order valence-electron chi connectivity index (χ1n) is 6.26. The zero-order chi connectivity index (χ0) is 15.2. The molecule has 0 radical (unpaired) electrons. The fourth-order valence-corrected chi connectivity index (χ4v) is 2.25. The second-order valence-corrected chi connectivity index (χ2v) is 5.13. The number of ether oxygens (including phenoxy) is 3. The van der Waals surface area contributed by atoms with Crippen molar-refractivity contribution < 1.29 is 19.0 Å². The summed E-state index contributed by atoms with van der Waals surface area (Å²) in [4.78, 5) is 11.0. The Morgan fingerprint density at radius 1 is 1.05 bits per heavy atom. The van der Waals surface area contributed by atoms with Crippen LogP contribution in [-0.2, 0) is 6.61 Å². The molecule has 0 N–H and O–H groups in total. The summed E-state index contributed by atoms with van der Waals surface area (Å²) in [5, 5.41) is 0. The van der Waals surface area contributed by atoms with E-state index in [4.69, 9.17) is 14.2 Å². The molecule has 2 rings (SSSR count). The largest absolute Gasteiger partial charge is 0.497 e. The van der Waals surface area contributed by atoms with E-state index in [0.717, 1.165) is 22.1 Å². The summed E-state index contributed by atoms with van der Waals surface area (Å²) < 4.78 is 16.7. The maximum Gasteiger partial charge on any atom is 0.153 e. The van der Waals surface area contributed by atoms with Gasteiger partial charge in [0.1, 0.15) is 23.9 Å². The molecule has 110 valence electrons. The standard InChI is InChI=1S/C16H15BrO4/c1-19-13-5-3-11(4-6-13)10-21-16-7-12(9-18)15(20-2)8-14(16)17/h3-9H,10H2,1-2H3. The van der Waals surface area contributed by atoms with Crippen molar-refractivity contribution in [1.82, 2.24) is 0 Å². The Balaban J connectivity index is 2.13. The molecule has 0 heterocycles. The predicted octanol–water partition coefficient (Wildman–Crippen LogP) is 3.86. The highest BCUT2D eigenvalue weighted by molar-refractivity contribution is 9.10. The number of hydrogen-bond acceptors (Lipinski definition) is 4. The zero-order valence-electron chi connectivity index (χ0n) is 11.8. The highest BCUT2D eigenvalue weighted by Crippen LogP contribution is 2.32. The first-order chi connectivity index (χ1) is 10.2. The van der Waals surface area contributed by atoms with Gasteiger partial charge in [-0.2, -0.15) is 0 Å². The molecule has 0 amide bonds. The molecule has 0 saturated heterocycles. The van der Waals surface area contributed by atoms with E-state index in [2.05, 4.69) is 15.9 Å². The zero-order valence-corrected chi connectivity index (χ0v) is 13.3. The molecule has 21 heavy (non-hydrogen) atoms. The minimum atomic E-state index is 0.396. The fraction of sp³-hybridized carbons (Fsp3) is 0.188. The van der Waals surface area contributed by atoms with E-state index in [1.165, 1.54) is 7.11 Å². The molecule has 0 spiro atoms. The van der Waals surface area contributed by atoms with Crippen molar-refractivity contribution in [1.29, 1.82) is 0 Å². The lowest BCUT2D eigenvalue weighted by Crippen LogP contribution is -1.98. The first-order valence-corrected chi connectivity index (χ1v) is 7.05. The molecular weight excluding hydrogens is 336 g/mol. The summed E-state index contributed by atoms with van der Waals surface area (Å²) in [6.45, 7) is 0.396. The van der Waals surface area contributed by atoms with Gasteiger partial charge in [-0.1, -0.05) is 12.1 Å². The Kier molecular flexibility index (Phi) is 5.22. The molecule has 0 bridgehead atoms. The highest BCUT2D eigenvalue weighted by Gasteiger charge is 2.09. The van der Waals surface area contributed by atoms with Gasteiger partial charge in [-0.15, -0.1) is 0 Å². The SMILES string of the molecule is COc1ccc(COc2cc(C=O)c(OC)cc2Br)cc1. The van der Waals surface area contributed by atoms with E-state index >= 15 is 0 Å². The van der Waals surface area contributed by atoms with Crippen LogP contribution in [-0.4, -0.2) is 20.5 Å². The lowest BCUT2D eigenvalue weighted by atomic mass is 10.2. The third-order valence-corrected chi connectivity index (χ3v) is 3.58. The van der Waals surface area contributed by atoms with Gasteiger partial charge >= 0.3 is 0 Å². The van der Waals surface area contributed by atoms with Crippen molar-refractivity contribution >= 4 is 22.2 Å². The third kappa shape index (κ3) is 3.76. The topological polar surface area (TPSA) is 44.8 Å². The average Bonchev–Trinajstić information content (AvgIpc) is 2.53. The van der Waals surface area contributed by atoms with Gasteiger partial charge in [0.25, 0.3) is 0 Å². The summed E-state index contributed by atoms with van der Waals surface area (Å²) in [6, 6.07) is 11.0. The van der Waals surface area contributed by atoms with Gasteiger partial charge in [0, 0.05) is 0 Å². The molecule has 0 aliphatic rings. The van der Waals surface area contributed by atoms with Gasteiger partial charge in [-0.05, 0) is 45.8 Å². The number of carbonyl (C=O) groups excluding carboxylic acids is 1. The maximum absolute atomic E-state index is 11.0. The summed E-state index contributed by atoms with van der Waals surface area (Å²) >= 11 is 3.41. The molecule has 0 fully saturated rings. The Morgan fingerprint density at radius 3 is 2.33 bits per heavy atom. The van der Waals surface area contributed by atoms with Crippen LogP contribution in [0.1, 0.15) is 15.9 Å². The Morgan fingerprint density at radius 2 is 1.76 bits per heavy atom. The minimum Gasteiger partial charge on any atom is -0.497 e. The second-order valence-electron chi connectivity index (χ2n) is 4.28. The highest BCUT2D eigenvalue weighted by atomic mass is 79.9. The molecule has 2 aromatic rings. The van der Waals surface area contributed by atoms with Crippen LogP contribution >= 0.6 is 15.9 Å².